The molecule has 5 heteroatoms. The van der Waals surface area contributed by atoms with E-state index < -0.39 is 11.6 Å². The van der Waals surface area contributed by atoms with Crippen LogP contribution in [0.5, 0.6) is 5.75 Å². The van der Waals surface area contributed by atoms with Crippen molar-refractivity contribution in [1.82, 2.24) is 9.88 Å². The number of allylic oxidation sites excluding steroid dienone is 1. The average Bonchev–Trinajstić information content (AvgIpc) is 3.10. The van der Waals surface area contributed by atoms with Gasteiger partial charge in [-0.15, -0.1) is 0 Å². The Morgan fingerprint density at radius 3 is 2.50 bits per heavy atom. The second-order valence-corrected chi connectivity index (χ2v) is 7.75. The minimum atomic E-state index is -0.586. The summed E-state index contributed by atoms with van der Waals surface area (Å²) in [5.41, 5.74) is 5.38. The van der Waals surface area contributed by atoms with Crippen LogP contribution >= 0.6 is 0 Å². The second-order valence-electron chi connectivity index (χ2n) is 7.75. The van der Waals surface area contributed by atoms with Crippen LogP contribution in [0.15, 0.2) is 60.9 Å². The van der Waals surface area contributed by atoms with Crippen LogP contribution in [-0.4, -0.2) is 37.1 Å². The highest BCUT2D eigenvalue weighted by molar-refractivity contribution is 6.03. The third-order valence-electron chi connectivity index (χ3n) is 5.19. The summed E-state index contributed by atoms with van der Waals surface area (Å²) in [6.45, 7) is 1.61. The molecule has 0 fully saturated rings. The number of benzene rings is 2. The Hall–Kier alpha value is -3.05. The summed E-state index contributed by atoms with van der Waals surface area (Å²) in [5.74, 6) is -0.362. The zero-order chi connectivity index (χ0) is 21.1. The number of pyridine rings is 1. The molecule has 0 spiro atoms. The fraction of sp³-hybridized carbons (Fsp3) is 0.240. The van der Waals surface area contributed by atoms with E-state index in [-0.39, 0.29) is 0 Å². The third kappa shape index (κ3) is 4.41. The van der Waals surface area contributed by atoms with Crippen LogP contribution in [-0.2, 0) is 6.42 Å². The van der Waals surface area contributed by atoms with Gasteiger partial charge < -0.3 is 9.64 Å². The maximum atomic E-state index is 14.0. The Bertz CT molecular complexity index is 1060. The molecule has 0 atom stereocenters. The minimum Gasteiger partial charge on any atom is -0.494 e. The molecule has 154 valence electrons. The van der Waals surface area contributed by atoms with Crippen LogP contribution in [0.25, 0.3) is 11.1 Å². The van der Waals surface area contributed by atoms with E-state index in [9.17, 15) is 8.78 Å². The monoisotopic (exact) mass is 406 g/mol. The van der Waals surface area contributed by atoms with E-state index in [1.165, 1.54) is 12.1 Å². The van der Waals surface area contributed by atoms with E-state index >= 15 is 0 Å². The maximum absolute atomic E-state index is 14.0. The number of rotatable bonds is 7. The van der Waals surface area contributed by atoms with Crippen molar-refractivity contribution in [2.75, 3.05) is 27.2 Å². The van der Waals surface area contributed by atoms with E-state index in [1.807, 2.05) is 44.4 Å². The molecular formula is C25H24F2N2O. The molecule has 0 aliphatic heterocycles. The Labute approximate surface area is 175 Å². The first-order valence-corrected chi connectivity index (χ1v) is 10.0. The van der Waals surface area contributed by atoms with Gasteiger partial charge in [0.25, 0.3) is 0 Å². The van der Waals surface area contributed by atoms with Crippen LogP contribution < -0.4 is 4.74 Å². The third-order valence-corrected chi connectivity index (χ3v) is 5.19. The molecule has 0 amide bonds. The Morgan fingerprint density at radius 1 is 1.00 bits per heavy atom. The predicted molar refractivity (Wildman–Crippen MR) is 115 cm³/mol. The van der Waals surface area contributed by atoms with Gasteiger partial charge in [-0.25, -0.2) is 8.78 Å². The quantitative estimate of drug-likeness (QED) is 0.504. The lowest BCUT2D eigenvalue weighted by atomic mass is 9.95. The van der Waals surface area contributed by atoms with Crippen molar-refractivity contribution >= 4 is 11.1 Å². The first-order chi connectivity index (χ1) is 14.5. The number of hydrogen-bond donors (Lipinski definition) is 0. The van der Waals surface area contributed by atoms with E-state index in [0.29, 0.717) is 18.6 Å². The number of fused-ring (bicyclic) bond motifs is 1. The largest absolute Gasteiger partial charge is 0.494 e. The van der Waals surface area contributed by atoms with Crippen molar-refractivity contribution < 1.29 is 13.5 Å². The van der Waals surface area contributed by atoms with Gasteiger partial charge in [-0.3, -0.25) is 4.98 Å². The molecule has 0 radical (unpaired) electrons. The van der Waals surface area contributed by atoms with Gasteiger partial charge in [0, 0.05) is 25.0 Å². The molecule has 30 heavy (non-hydrogen) atoms. The summed E-state index contributed by atoms with van der Waals surface area (Å²) < 4.78 is 33.9. The molecule has 0 saturated carbocycles. The van der Waals surface area contributed by atoms with Gasteiger partial charge >= 0.3 is 0 Å². The molecule has 1 aliphatic rings. The van der Waals surface area contributed by atoms with Crippen molar-refractivity contribution in [1.29, 1.82) is 0 Å². The first-order valence-electron chi connectivity index (χ1n) is 10.0. The van der Waals surface area contributed by atoms with E-state index in [2.05, 4.69) is 9.88 Å². The number of ether oxygens (including phenoxy) is 1. The number of nitrogens with zero attached hydrogens (tertiary/aromatic N) is 2. The molecule has 0 N–H and O–H groups in total. The summed E-state index contributed by atoms with van der Waals surface area (Å²) in [4.78, 5) is 6.35. The number of hydrogen-bond acceptors (Lipinski definition) is 3. The summed E-state index contributed by atoms with van der Waals surface area (Å²) >= 11 is 0. The van der Waals surface area contributed by atoms with Crippen molar-refractivity contribution in [2.45, 2.75) is 12.8 Å². The molecule has 1 aromatic heterocycles. The fourth-order valence-corrected chi connectivity index (χ4v) is 3.88. The molecular weight excluding hydrogens is 382 g/mol. The van der Waals surface area contributed by atoms with E-state index in [4.69, 9.17) is 4.74 Å². The van der Waals surface area contributed by atoms with Gasteiger partial charge in [0.1, 0.15) is 17.4 Å². The van der Waals surface area contributed by atoms with Gasteiger partial charge in [0.15, 0.2) is 0 Å². The standard InChI is InChI=1S/C25H24F2N2O/c1-29(2)9-4-10-30-22-6-7-23-18(13-22)14-24(17-5-3-8-28-16-17)25(23)19-11-20(26)15-21(27)12-19/h3,5-8,11-13,15-16H,4,9-10,14H2,1-2H3. The van der Waals surface area contributed by atoms with Crippen molar-refractivity contribution in [2.24, 2.45) is 0 Å². The maximum Gasteiger partial charge on any atom is 0.126 e. The highest BCUT2D eigenvalue weighted by Gasteiger charge is 2.25. The zero-order valence-corrected chi connectivity index (χ0v) is 17.2. The van der Waals surface area contributed by atoms with Gasteiger partial charge in [-0.1, -0.05) is 12.1 Å². The Kier molecular flexibility index (Phi) is 5.91. The average molecular weight is 406 g/mol. The molecule has 0 bridgehead atoms. The SMILES string of the molecule is CN(C)CCCOc1ccc2c(c1)CC(c1cccnc1)=C2c1cc(F)cc(F)c1. The first kappa shape index (κ1) is 20.2. The Balaban J connectivity index is 1.70. The lowest BCUT2D eigenvalue weighted by molar-refractivity contribution is 0.281. The van der Waals surface area contributed by atoms with Crippen LogP contribution in [0, 0.1) is 11.6 Å². The normalized spacial score (nSPS) is 13.1. The minimum absolute atomic E-state index is 0.532. The van der Waals surface area contributed by atoms with Crippen molar-refractivity contribution in [3.8, 4) is 5.75 Å². The van der Waals surface area contributed by atoms with Crippen LogP contribution in [0.1, 0.15) is 28.7 Å². The molecule has 0 saturated heterocycles. The summed E-state index contributed by atoms with van der Waals surface area (Å²) in [7, 11) is 4.08. The number of aromatic nitrogens is 1. The fourth-order valence-electron chi connectivity index (χ4n) is 3.88. The molecule has 4 rings (SSSR count). The molecule has 3 nitrogen and oxygen atoms in total. The summed E-state index contributed by atoms with van der Waals surface area (Å²) in [6.07, 6.45) is 5.10. The van der Waals surface area contributed by atoms with Crippen LogP contribution in [0.3, 0.4) is 0 Å². The highest BCUT2D eigenvalue weighted by Crippen LogP contribution is 2.43. The molecule has 1 aliphatic carbocycles. The summed E-state index contributed by atoms with van der Waals surface area (Å²) in [6, 6.07) is 13.5. The van der Waals surface area contributed by atoms with Gasteiger partial charge in [0.2, 0.25) is 0 Å². The lowest BCUT2D eigenvalue weighted by Crippen LogP contribution is -2.15. The van der Waals surface area contributed by atoms with Crippen LogP contribution in [0.2, 0.25) is 0 Å². The molecule has 3 aromatic rings. The number of halogens is 2. The predicted octanol–water partition coefficient (Wildman–Crippen LogP) is 5.21. The van der Waals surface area contributed by atoms with Gasteiger partial charge in [0.05, 0.1) is 6.61 Å². The Morgan fingerprint density at radius 2 is 1.80 bits per heavy atom. The molecule has 0 unspecified atom stereocenters. The smallest absolute Gasteiger partial charge is 0.126 e. The van der Waals surface area contributed by atoms with E-state index in [0.717, 1.165) is 52.6 Å². The zero-order valence-electron chi connectivity index (χ0n) is 17.2. The topological polar surface area (TPSA) is 25.4 Å². The lowest BCUT2D eigenvalue weighted by Gasteiger charge is -2.12. The van der Waals surface area contributed by atoms with Crippen LogP contribution in [0.4, 0.5) is 8.78 Å². The highest BCUT2D eigenvalue weighted by atomic mass is 19.1. The molecule has 1 heterocycles. The second kappa shape index (κ2) is 8.76. The van der Waals surface area contributed by atoms with Crippen molar-refractivity contribution in [3.05, 3.63) is 94.8 Å². The summed E-state index contributed by atoms with van der Waals surface area (Å²) in [5, 5.41) is 0. The molecule has 2 aromatic carbocycles. The van der Waals surface area contributed by atoms with Gasteiger partial charge in [-0.05, 0) is 90.7 Å². The van der Waals surface area contributed by atoms with Crippen molar-refractivity contribution in [3.63, 3.8) is 0 Å². The van der Waals surface area contributed by atoms with E-state index in [1.54, 1.807) is 12.4 Å². The van der Waals surface area contributed by atoms with Gasteiger partial charge in [-0.2, -0.15) is 0 Å².